The summed E-state index contributed by atoms with van der Waals surface area (Å²) in [5, 5.41) is 12.3. The molecule has 1 fully saturated rings. The van der Waals surface area contributed by atoms with Crippen molar-refractivity contribution < 1.29 is 0 Å². The first-order valence-electron chi connectivity index (χ1n) is 5.99. The molecule has 1 atom stereocenters. The Bertz CT molecular complexity index is 213. The largest absolute Gasteiger partial charge is 0.301 e. The Morgan fingerprint density at radius 2 is 2.00 bits per heavy atom. The van der Waals surface area contributed by atoms with Gasteiger partial charge in [-0.15, -0.1) is 0 Å². The number of nitrogens with zero attached hydrogens (tertiary/aromatic N) is 2. The summed E-state index contributed by atoms with van der Waals surface area (Å²) in [6.07, 6.45) is 5.31. The van der Waals surface area contributed by atoms with Crippen LogP contribution < -0.4 is 5.32 Å². The molecule has 3 nitrogen and oxygen atoms in total. The summed E-state index contributed by atoms with van der Waals surface area (Å²) in [5.41, 5.74) is 0. The van der Waals surface area contributed by atoms with E-state index in [2.05, 4.69) is 37.2 Å². The van der Waals surface area contributed by atoms with Gasteiger partial charge in [0.15, 0.2) is 0 Å². The van der Waals surface area contributed by atoms with E-state index in [1.807, 2.05) is 0 Å². The summed E-state index contributed by atoms with van der Waals surface area (Å²) >= 11 is 0. The van der Waals surface area contributed by atoms with Crippen LogP contribution in [0.15, 0.2) is 0 Å². The van der Waals surface area contributed by atoms with Gasteiger partial charge in [-0.1, -0.05) is 12.8 Å². The number of hydrogen-bond acceptors (Lipinski definition) is 3. The molecular formula is C12H23N3. The van der Waals surface area contributed by atoms with Gasteiger partial charge in [0, 0.05) is 18.6 Å². The smallest absolute Gasteiger partial charge is 0.108 e. The molecule has 1 N–H and O–H groups in total. The van der Waals surface area contributed by atoms with Gasteiger partial charge in [-0.3, -0.25) is 5.32 Å². The third kappa shape index (κ3) is 4.19. The van der Waals surface area contributed by atoms with Crippen molar-refractivity contribution in [3.8, 4) is 6.07 Å². The fraction of sp³-hybridized carbons (Fsp3) is 0.917. The lowest BCUT2D eigenvalue weighted by Gasteiger charge is -2.27. The first kappa shape index (κ1) is 12.5. The molecule has 1 rings (SSSR count). The van der Waals surface area contributed by atoms with Crippen molar-refractivity contribution in [1.29, 1.82) is 5.26 Å². The lowest BCUT2D eigenvalue weighted by atomic mass is 10.2. The van der Waals surface area contributed by atoms with Gasteiger partial charge >= 0.3 is 0 Å². The van der Waals surface area contributed by atoms with Crippen LogP contribution >= 0.6 is 0 Å². The molecule has 1 aliphatic carbocycles. The monoisotopic (exact) mass is 209 g/mol. The molecule has 1 unspecified atom stereocenters. The standard InChI is InChI=1S/C12H23N3/c1-10(2)14-11(8-13)9-15(3)12-6-4-5-7-12/h10-12,14H,4-7,9H2,1-3H3. The molecule has 86 valence electrons. The van der Waals surface area contributed by atoms with Crippen LogP contribution in [0.1, 0.15) is 39.5 Å². The molecule has 0 aliphatic heterocycles. The Kier molecular flexibility index (Phi) is 5.07. The van der Waals surface area contributed by atoms with E-state index >= 15 is 0 Å². The van der Waals surface area contributed by atoms with E-state index < -0.39 is 0 Å². The average Bonchev–Trinajstić information content (AvgIpc) is 2.68. The van der Waals surface area contributed by atoms with Gasteiger partial charge in [-0.25, -0.2) is 0 Å². The van der Waals surface area contributed by atoms with E-state index in [0.29, 0.717) is 12.1 Å². The zero-order valence-corrected chi connectivity index (χ0v) is 10.2. The van der Waals surface area contributed by atoms with Crippen molar-refractivity contribution in [2.75, 3.05) is 13.6 Å². The third-order valence-electron chi connectivity index (χ3n) is 3.11. The summed E-state index contributed by atoms with van der Waals surface area (Å²) in [6.45, 7) is 5.01. The highest BCUT2D eigenvalue weighted by Gasteiger charge is 2.21. The second-order valence-corrected chi connectivity index (χ2v) is 4.88. The molecule has 15 heavy (non-hydrogen) atoms. The van der Waals surface area contributed by atoms with E-state index in [0.717, 1.165) is 6.54 Å². The molecule has 1 aliphatic rings. The fourth-order valence-electron chi connectivity index (χ4n) is 2.32. The second kappa shape index (κ2) is 6.09. The topological polar surface area (TPSA) is 39.1 Å². The number of rotatable bonds is 5. The normalized spacial score (nSPS) is 19.7. The van der Waals surface area contributed by atoms with E-state index in [9.17, 15) is 0 Å². The molecule has 0 aromatic carbocycles. The predicted molar refractivity (Wildman–Crippen MR) is 62.6 cm³/mol. The Hall–Kier alpha value is -0.590. The van der Waals surface area contributed by atoms with Crippen LogP contribution in [0.25, 0.3) is 0 Å². The highest BCUT2D eigenvalue weighted by molar-refractivity contribution is 4.93. The summed E-state index contributed by atoms with van der Waals surface area (Å²) < 4.78 is 0. The highest BCUT2D eigenvalue weighted by atomic mass is 15.2. The van der Waals surface area contributed by atoms with Gasteiger partial charge in [0.25, 0.3) is 0 Å². The minimum Gasteiger partial charge on any atom is -0.301 e. The lowest BCUT2D eigenvalue weighted by molar-refractivity contribution is 0.229. The molecule has 1 saturated carbocycles. The van der Waals surface area contributed by atoms with Crippen LogP contribution in [0, 0.1) is 11.3 Å². The van der Waals surface area contributed by atoms with Gasteiger partial charge in [-0.05, 0) is 33.7 Å². The van der Waals surface area contributed by atoms with E-state index in [-0.39, 0.29) is 6.04 Å². The Morgan fingerprint density at radius 1 is 1.40 bits per heavy atom. The van der Waals surface area contributed by atoms with Crippen molar-refractivity contribution in [2.45, 2.75) is 57.7 Å². The predicted octanol–water partition coefficient (Wildman–Crippen LogP) is 1.75. The van der Waals surface area contributed by atoms with Crippen LogP contribution in [0.4, 0.5) is 0 Å². The van der Waals surface area contributed by atoms with Crippen LogP contribution in [0.5, 0.6) is 0 Å². The molecule has 0 heterocycles. The summed E-state index contributed by atoms with van der Waals surface area (Å²) in [6, 6.07) is 3.39. The van der Waals surface area contributed by atoms with Gasteiger partial charge in [0.2, 0.25) is 0 Å². The molecule has 0 aromatic rings. The third-order valence-corrected chi connectivity index (χ3v) is 3.11. The van der Waals surface area contributed by atoms with E-state index in [4.69, 9.17) is 5.26 Å². The molecule has 0 radical (unpaired) electrons. The summed E-state index contributed by atoms with van der Waals surface area (Å²) in [5.74, 6) is 0. The van der Waals surface area contributed by atoms with Crippen LogP contribution in [0.2, 0.25) is 0 Å². The van der Waals surface area contributed by atoms with Crippen molar-refractivity contribution in [2.24, 2.45) is 0 Å². The number of likely N-dealkylation sites (N-methyl/N-ethyl adjacent to an activating group) is 1. The van der Waals surface area contributed by atoms with Crippen molar-refractivity contribution in [1.82, 2.24) is 10.2 Å². The molecule has 0 saturated heterocycles. The Morgan fingerprint density at radius 3 is 2.47 bits per heavy atom. The Balaban J connectivity index is 2.34. The maximum atomic E-state index is 9.03. The molecule has 0 aromatic heterocycles. The average molecular weight is 209 g/mol. The maximum Gasteiger partial charge on any atom is 0.108 e. The van der Waals surface area contributed by atoms with Gasteiger partial charge < -0.3 is 4.90 Å². The maximum absolute atomic E-state index is 9.03. The minimum atomic E-state index is -0.0319. The number of nitrogens with one attached hydrogen (secondary N) is 1. The molecule has 0 amide bonds. The molecular weight excluding hydrogens is 186 g/mol. The van der Waals surface area contributed by atoms with Gasteiger partial charge in [-0.2, -0.15) is 5.26 Å². The van der Waals surface area contributed by atoms with Gasteiger partial charge in [0.1, 0.15) is 6.04 Å². The van der Waals surface area contributed by atoms with Gasteiger partial charge in [0.05, 0.1) is 6.07 Å². The first-order valence-corrected chi connectivity index (χ1v) is 5.99. The Labute approximate surface area is 93.5 Å². The number of hydrogen-bond donors (Lipinski definition) is 1. The zero-order chi connectivity index (χ0) is 11.3. The molecule has 0 bridgehead atoms. The molecule has 3 heteroatoms. The second-order valence-electron chi connectivity index (χ2n) is 4.88. The highest BCUT2D eigenvalue weighted by Crippen LogP contribution is 2.22. The lowest BCUT2D eigenvalue weighted by Crippen LogP contribution is -2.44. The van der Waals surface area contributed by atoms with E-state index in [1.165, 1.54) is 25.7 Å². The van der Waals surface area contributed by atoms with E-state index in [1.54, 1.807) is 0 Å². The van der Waals surface area contributed by atoms with Crippen molar-refractivity contribution >= 4 is 0 Å². The SMILES string of the molecule is CC(C)NC(C#N)CN(C)C1CCCC1. The van der Waals surface area contributed by atoms with Crippen molar-refractivity contribution in [3.05, 3.63) is 0 Å². The minimum absolute atomic E-state index is 0.0319. The summed E-state index contributed by atoms with van der Waals surface area (Å²) in [7, 11) is 2.14. The summed E-state index contributed by atoms with van der Waals surface area (Å²) in [4.78, 5) is 2.34. The zero-order valence-electron chi connectivity index (χ0n) is 10.2. The first-order chi connectivity index (χ1) is 7.13. The van der Waals surface area contributed by atoms with Crippen LogP contribution in [-0.2, 0) is 0 Å². The quantitative estimate of drug-likeness (QED) is 0.750. The van der Waals surface area contributed by atoms with Crippen LogP contribution in [-0.4, -0.2) is 36.6 Å². The van der Waals surface area contributed by atoms with Crippen molar-refractivity contribution in [3.63, 3.8) is 0 Å². The van der Waals surface area contributed by atoms with Crippen LogP contribution in [0.3, 0.4) is 0 Å². The number of nitriles is 1. The fourth-order valence-corrected chi connectivity index (χ4v) is 2.32. The molecule has 0 spiro atoms.